The molecule has 0 fully saturated rings. The lowest BCUT2D eigenvalue weighted by Gasteiger charge is -2.10. The number of nitrogens with zero attached hydrogens (tertiary/aromatic N) is 2. The first-order valence-corrected chi connectivity index (χ1v) is 6.60. The van der Waals surface area contributed by atoms with Crippen LogP contribution in [-0.2, 0) is 0 Å². The lowest BCUT2D eigenvalue weighted by atomic mass is 10.1. The second kappa shape index (κ2) is 5.32. The summed E-state index contributed by atoms with van der Waals surface area (Å²) in [7, 11) is 0. The van der Waals surface area contributed by atoms with Gasteiger partial charge in [0.1, 0.15) is 11.6 Å². The average Bonchev–Trinajstić information content (AvgIpc) is 2.51. The van der Waals surface area contributed by atoms with Crippen LogP contribution in [0.25, 0.3) is 22.6 Å². The van der Waals surface area contributed by atoms with Crippen LogP contribution in [-0.4, -0.2) is 9.97 Å². The Morgan fingerprint density at radius 3 is 2.33 bits per heavy atom. The fourth-order valence-corrected chi connectivity index (χ4v) is 2.17. The maximum Gasteiger partial charge on any atom is 0.162 e. The van der Waals surface area contributed by atoms with Crippen LogP contribution in [0.1, 0.15) is 5.56 Å². The molecule has 3 rings (SSSR count). The number of aromatic nitrogens is 2. The number of benzene rings is 2. The molecule has 0 spiro atoms. The van der Waals surface area contributed by atoms with Crippen LogP contribution in [0.5, 0.6) is 0 Å². The first kappa shape index (κ1) is 13.2. The number of halogens is 1. The van der Waals surface area contributed by atoms with Gasteiger partial charge in [-0.3, -0.25) is 0 Å². The number of anilines is 1. The summed E-state index contributed by atoms with van der Waals surface area (Å²) in [5.41, 5.74) is 9.15. The first-order chi connectivity index (χ1) is 10.1. The van der Waals surface area contributed by atoms with Gasteiger partial charge in [0.15, 0.2) is 5.82 Å². The monoisotopic (exact) mass is 279 g/mol. The van der Waals surface area contributed by atoms with E-state index >= 15 is 0 Å². The van der Waals surface area contributed by atoms with Crippen LogP contribution in [0, 0.1) is 12.7 Å². The molecule has 0 saturated carbocycles. The molecule has 0 atom stereocenters. The van der Waals surface area contributed by atoms with Gasteiger partial charge < -0.3 is 5.73 Å². The summed E-state index contributed by atoms with van der Waals surface area (Å²) >= 11 is 0. The molecule has 0 radical (unpaired) electrons. The van der Waals surface area contributed by atoms with E-state index in [-0.39, 0.29) is 5.82 Å². The molecule has 0 aliphatic rings. The highest BCUT2D eigenvalue weighted by Crippen LogP contribution is 2.27. The molecule has 1 heterocycles. The van der Waals surface area contributed by atoms with Gasteiger partial charge in [0.05, 0.1) is 5.69 Å². The van der Waals surface area contributed by atoms with E-state index in [1.807, 2.05) is 37.3 Å². The number of nitrogen functional groups attached to an aromatic ring is 1. The van der Waals surface area contributed by atoms with Crippen molar-refractivity contribution in [2.45, 2.75) is 6.92 Å². The Bertz CT molecular complexity index is 785. The molecule has 1 aromatic heterocycles. The van der Waals surface area contributed by atoms with Crippen molar-refractivity contribution in [2.75, 3.05) is 5.73 Å². The van der Waals surface area contributed by atoms with E-state index in [1.165, 1.54) is 12.1 Å². The van der Waals surface area contributed by atoms with Gasteiger partial charge in [-0.05, 0) is 19.1 Å². The van der Waals surface area contributed by atoms with E-state index in [1.54, 1.807) is 12.1 Å². The van der Waals surface area contributed by atoms with Crippen molar-refractivity contribution >= 4 is 5.82 Å². The summed E-state index contributed by atoms with van der Waals surface area (Å²) in [5.74, 6) is 0.510. The number of hydrogen-bond donors (Lipinski definition) is 1. The minimum Gasteiger partial charge on any atom is -0.383 e. The van der Waals surface area contributed by atoms with Crippen molar-refractivity contribution in [3.05, 3.63) is 66.0 Å². The van der Waals surface area contributed by atoms with Crippen LogP contribution >= 0.6 is 0 Å². The van der Waals surface area contributed by atoms with Gasteiger partial charge in [0.2, 0.25) is 0 Å². The summed E-state index contributed by atoms with van der Waals surface area (Å²) < 4.78 is 13.4. The molecule has 0 unspecified atom stereocenters. The van der Waals surface area contributed by atoms with Gasteiger partial charge in [-0.2, -0.15) is 0 Å². The summed E-state index contributed by atoms with van der Waals surface area (Å²) in [6.07, 6.45) is 0. The van der Waals surface area contributed by atoms with Crippen molar-refractivity contribution in [3.63, 3.8) is 0 Å². The van der Waals surface area contributed by atoms with Crippen LogP contribution in [0.15, 0.2) is 54.6 Å². The Hall–Kier alpha value is -2.75. The number of rotatable bonds is 2. The Morgan fingerprint density at radius 2 is 1.62 bits per heavy atom. The fourth-order valence-electron chi connectivity index (χ4n) is 2.17. The SMILES string of the molecule is Cc1c(N)nc(-c2cccc(F)c2)nc1-c1ccccc1. The molecule has 2 aromatic carbocycles. The maximum atomic E-state index is 13.4. The molecule has 0 aliphatic heterocycles. The average molecular weight is 279 g/mol. The zero-order valence-corrected chi connectivity index (χ0v) is 11.5. The molecule has 21 heavy (non-hydrogen) atoms. The van der Waals surface area contributed by atoms with Crippen molar-refractivity contribution in [2.24, 2.45) is 0 Å². The maximum absolute atomic E-state index is 13.4. The highest BCUT2D eigenvalue weighted by atomic mass is 19.1. The largest absolute Gasteiger partial charge is 0.383 e. The summed E-state index contributed by atoms with van der Waals surface area (Å²) in [5, 5.41) is 0. The van der Waals surface area contributed by atoms with Gasteiger partial charge in [-0.1, -0.05) is 42.5 Å². The molecule has 4 heteroatoms. The predicted molar refractivity (Wildman–Crippen MR) is 82.0 cm³/mol. The van der Waals surface area contributed by atoms with Gasteiger partial charge in [-0.25, -0.2) is 14.4 Å². The molecule has 104 valence electrons. The standard InChI is InChI=1S/C17H14FN3/c1-11-15(12-6-3-2-4-7-12)20-17(21-16(11)19)13-8-5-9-14(18)10-13/h2-10H,1H3,(H2,19,20,21). The van der Waals surface area contributed by atoms with Gasteiger partial charge in [0.25, 0.3) is 0 Å². The summed E-state index contributed by atoms with van der Waals surface area (Å²) in [6.45, 7) is 1.88. The Morgan fingerprint density at radius 1 is 0.905 bits per heavy atom. The van der Waals surface area contributed by atoms with E-state index < -0.39 is 0 Å². The highest BCUT2D eigenvalue weighted by Gasteiger charge is 2.12. The van der Waals surface area contributed by atoms with Crippen LogP contribution in [0.2, 0.25) is 0 Å². The second-order valence-electron chi connectivity index (χ2n) is 4.78. The van der Waals surface area contributed by atoms with Crippen LogP contribution in [0.4, 0.5) is 10.2 Å². The number of nitrogens with two attached hydrogens (primary N) is 1. The molecule has 0 aliphatic carbocycles. The minimum absolute atomic E-state index is 0.323. The minimum atomic E-state index is -0.323. The molecular weight excluding hydrogens is 265 g/mol. The van der Waals surface area contributed by atoms with Crippen LogP contribution in [0.3, 0.4) is 0 Å². The third kappa shape index (κ3) is 2.60. The fraction of sp³-hybridized carbons (Fsp3) is 0.0588. The normalized spacial score (nSPS) is 10.6. The molecule has 0 saturated heterocycles. The highest BCUT2D eigenvalue weighted by molar-refractivity contribution is 5.71. The Kier molecular flexibility index (Phi) is 3.36. The summed E-state index contributed by atoms with van der Waals surface area (Å²) in [6, 6.07) is 15.9. The lowest BCUT2D eigenvalue weighted by Crippen LogP contribution is -2.02. The quantitative estimate of drug-likeness (QED) is 0.775. The van der Waals surface area contributed by atoms with Gasteiger partial charge in [0, 0.05) is 16.7 Å². The first-order valence-electron chi connectivity index (χ1n) is 6.60. The zero-order valence-electron chi connectivity index (χ0n) is 11.5. The van der Waals surface area contributed by atoms with Gasteiger partial charge >= 0.3 is 0 Å². The second-order valence-corrected chi connectivity index (χ2v) is 4.78. The molecule has 3 nitrogen and oxygen atoms in total. The molecule has 0 bridgehead atoms. The Balaban J connectivity index is 2.19. The van der Waals surface area contributed by atoms with E-state index in [0.717, 1.165) is 16.8 Å². The van der Waals surface area contributed by atoms with Crippen LogP contribution < -0.4 is 5.73 Å². The third-order valence-corrected chi connectivity index (χ3v) is 3.31. The predicted octanol–water partition coefficient (Wildman–Crippen LogP) is 3.84. The van der Waals surface area contributed by atoms with Crippen molar-refractivity contribution in [1.29, 1.82) is 0 Å². The van der Waals surface area contributed by atoms with E-state index in [4.69, 9.17) is 5.73 Å². The van der Waals surface area contributed by atoms with Crippen molar-refractivity contribution in [1.82, 2.24) is 9.97 Å². The van der Waals surface area contributed by atoms with E-state index in [0.29, 0.717) is 17.2 Å². The topological polar surface area (TPSA) is 51.8 Å². The molecule has 0 amide bonds. The molecular formula is C17H14FN3. The van der Waals surface area contributed by atoms with Gasteiger partial charge in [-0.15, -0.1) is 0 Å². The number of hydrogen-bond acceptors (Lipinski definition) is 3. The smallest absolute Gasteiger partial charge is 0.162 e. The Labute approximate surface area is 122 Å². The van der Waals surface area contributed by atoms with Crippen molar-refractivity contribution < 1.29 is 4.39 Å². The van der Waals surface area contributed by atoms with E-state index in [2.05, 4.69) is 9.97 Å². The third-order valence-electron chi connectivity index (χ3n) is 3.31. The summed E-state index contributed by atoms with van der Waals surface area (Å²) in [4.78, 5) is 8.83. The van der Waals surface area contributed by atoms with Crippen molar-refractivity contribution in [3.8, 4) is 22.6 Å². The molecule has 3 aromatic rings. The lowest BCUT2D eigenvalue weighted by molar-refractivity contribution is 0.628. The molecule has 2 N–H and O–H groups in total. The zero-order chi connectivity index (χ0) is 14.8. The van der Waals surface area contributed by atoms with E-state index in [9.17, 15) is 4.39 Å².